The Morgan fingerprint density at radius 3 is 2.07 bits per heavy atom. The van der Waals surface area contributed by atoms with Crippen LogP contribution in [0.15, 0.2) is 0 Å². The number of alkyl halides is 2. The van der Waals surface area contributed by atoms with Crippen LogP contribution in [0.4, 0.5) is 8.78 Å². The van der Waals surface area contributed by atoms with E-state index in [1.54, 1.807) is 6.92 Å². The summed E-state index contributed by atoms with van der Waals surface area (Å²) in [5, 5.41) is 0. The highest BCUT2D eigenvalue weighted by molar-refractivity contribution is 5.11. The smallest absolute Gasteiger partial charge is 0.254 e. The summed E-state index contributed by atoms with van der Waals surface area (Å²) in [5.74, 6) is -2.03. The van der Waals surface area contributed by atoms with Gasteiger partial charge < -0.3 is 5.73 Å². The van der Waals surface area contributed by atoms with Crippen molar-refractivity contribution in [2.24, 2.45) is 22.5 Å². The third-order valence-corrected chi connectivity index (χ3v) is 4.61. The molecule has 0 amide bonds. The summed E-state index contributed by atoms with van der Waals surface area (Å²) in [6.07, 6.45) is 1.63. The van der Waals surface area contributed by atoms with Crippen LogP contribution in [0.1, 0.15) is 40.0 Å². The van der Waals surface area contributed by atoms with Gasteiger partial charge in [0, 0.05) is 17.9 Å². The molecule has 2 fully saturated rings. The zero-order valence-electron chi connectivity index (χ0n) is 9.11. The van der Waals surface area contributed by atoms with Crippen LogP contribution in [0.25, 0.3) is 0 Å². The lowest BCUT2D eigenvalue weighted by atomic mass is 9.56. The van der Waals surface area contributed by atoms with Crippen LogP contribution in [0, 0.1) is 16.7 Å². The molecule has 2 rings (SSSR count). The third-order valence-electron chi connectivity index (χ3n) is 4.61. The number of hydrogen-bond donors (Lipinski definition) is 1. The van der Waals surface area contributed by atoms with Crippen LogP contribution in [0.5, 0.6) is 0 Å². The average Bonchev–Trinajstić information content (AvgIpc) is 2.50. The summed E-state index contributed by atoms with van der Waals surface area (Å²) >= 11 is 0. The van der Waals surface area contributed by atoms with Gasteiger partial charge in [-0.05, 0) is 24.2 Å². The van der Waals surface area contributed by atoms with Crippen LogP contribution >= 0.6 is 0 Å². The van der Waals surface area contributed by atoms with Crippen molar-refractivity contribution in [1.29, 1.82) is 0 Å². The van der Waals surface area contributed by atoms with E-state index in [1.165, 1.54) is 0 Å². The van der Waals surface area contributed by atoms with Gasteiger partial charge in [-0.3, -0.25) is 0 Å². The number of halogens is 2. The second-order valence-corrected chi connectivity index (χ2v) is 6.01. The van der Waals surface area contributed by atoms with Gasteiger partial charge in [0.15, 0.2) is 0 Å². The molecular weight excluding hydrogens is 184 g/mol. The van der Waals surface area contributed by atoms with E-state index in [9.17, 15) is 8.78 Å². The molecule has 0 radical (unpaired) electrons. The fourth-order valence-corrected chi connectivity index (χ4v) is 2.61. The number of rotatable bonds is 2. The molecule has 3 unspecified atom stereocenters. The van der Waals surface area contributed by atoms with Gasteiger partial charge in [0.25, 0.3) is 5.92 Å². The highest BCUT2D eigenvalue weighted by Crippen LogP contribution is 2.66. The van der Waals surface area contributed by atoms with Crippen LogP contribution in [-0.4, -0.2) is 12.0 Å². The van der Waals surface area contributed by atoms with E-state index in [4.69, 9.17) is 5.73 Å². The second-order valence-electron chi connectivity index (χ2n) is 6.01. The maximum atomic E-state index is 13.0. The lowest BCUT2D eigenvalue weighted by molar-refractivity contribution is -0.00948. The number of hydrogen-bond acceptors (Lipinski definition) is 1. The maximum absolute atomic E-state index is 13.0. The van der Waals surface area contributed by atoms with Gasteiger partial charge in [-0.25, -0.2) is 8.78 Å². The minimum atomic E-state index is -2.41. The lowest BCUT2D eigenvalue weighted by Gasteiger charge is -2.51. The topological polar surface area (TPSA) is 26.0 Å². The Kier molecular flexibility index (Phi) is 1.84. The summed E-state index contributed by atoms with van der Waals surface area (Å²) in [4.78, 5) is 0. The minimum absolute atomic E-state index is 0.0572. The molecule has 14 heavy (non-hydrogen) atoms. The van der Waals surface area contributed by atoms with Gasteiger partial charge in [-0.1, -0.05) is 20.8 Å². The van der Waals surface area contributed by atoms with E-state index in [1.807, 2.05) is 0 Å². The Bertz CT molecular complexity index is 262. The Balaban J connectivity index is 1.96. The van der Waals surface area contributed by atoms with E-state index in [-0.39, 0.29) is 17.9 Å². The molecule has 0 aliphatic heterocycles. The molecule has 2 saturated carbocycles. The van der Waals surface area contributed by atoms with Gasteiger partial charge >= 0.3 is 0 Å². The van der Waals surface area contributed by atoms with Crippen molar-refractivity contribution in [3.05, 3.63) is 0 Å². The molecule has 0 bridgehead atoms. The zero-order chi connectivity index (χ0) is 10.8. The normalized spacial score (nSPS) is 48.4. The highest BCUT2D eigenvalue weighted by atomic mass is 19.3. The molecule has 2 aliphatic carbocycles. The lowest BCUT2D eigenvalue weighted by Crippen LogP contribution is -2.55. The molecule has 0 aromatic rings. The molecule has 0 spiro atoms. The summed E-state index contributed by atoms with van der Waals surface area (Å²) in [7, 11) is 0. The monoisotopic (exact) mass is 203 g/mol. The fourth-order valence-electron chi connectivity index (χ4n) is 2.61. The quantitative estimate of drug-likeness (QED) is 0.733. The van der Waals surface area contributed by atoms with Crippen LogP contribution in [-0.2, 0) is 0 Å². The first-order valence-electron chi connectivity index (χ1n) is 5.32. The molecule has 2 aliphatic rings. The standard InChI is InChI=1S/C11H19F2N/c1-9(2)7(4-8(9)14)5-10(3)6-11(10,12)13/h7-8H,4-6,14H2,1-3H3. The van der Waals surface area contributed by atoms with E-state index >= 15 is 0 Å². The molecule has 0 saturated heterocycles. The Morgan fingerprint density at radius 2 is 1.79 bits per heavy atom. The predicted molar refractivity (Wildman–Crippen MR) is 52.2 cm³/mol. The van der Waals surface area contributed by atoms with Crippen molar-refractivity contribution in [2.45, 2.75) is 52.0 Å². The van der Waals surface area contributed by atoms with Gasteiger partial charge in [0.1, 0.15) is 0 Å². The summed E-state index contributed by atoms with van der Waals surface area (Å²) in [5.41, 5.74) is 5.20. The van der Waals surface area contributed by atoms with E-state index in [0.29, 0.717) is 12.3 Å². The molecule has 3 heteroatoms. The van der Waals surface area contributed by atoms with E-state index in [2.05, 4.69) is 13.8 Å². The Morgan fingerprint density at radius 1 is 1.29 bits per heavy atom. The molecule has 82 valence electrons. The molecule has 0 heterocycles. The van der Waals surface area contributed by atoms with Gasteiger partial charge in [-0.15, -0.1) is 0 Å². The van der Waals surface area contributed by atoms with Crippen molar-refractivity contribution in [2.75, 3.05) is 0 Å². The van der Waals surface area contributed by atoms with Crippen molar-refractivity contribution < 1.29 is 8.78 Å². The molecular formula is C11H19F2N. The Labute approximate surface area is 84.0 Å². The molecule has 0 aromatic carbocycles. The van der Waals surface area contributed by atoms with Crippen LogP contribution < -0.4 is 5.73 Å². The maximum Gasteiger partial charge on any atom is 0.254 e. The van der Waals surface area contributed by atoms with Gasteiger partial charge in [0.2, 0.25) is 0 Å². The zero-order valence-corrected chi connectivity index (χ0v) is 9.11. The first kappa shape index (κ1) is 10.3. The number of nitrogens with two attached hydrogens (primary N) is 1. The Hall–Kier alpha value is -0.180. The summed E-state index contributed by atoms with van der Waals surface area (Å²) in [6.45, 7) is 5.89. The summed E-state index contributed by atoms with van der Waals surface area (Å²) < 4.78 is 26.0. The highest BCUT2D eigenvalue weighted by Gasteiger charge is 2.69. The third kappa shape index (κ3) is 1.21. The van der Waals surface area contributed by atoms with Crippen molar-refractivity contribution >= 4 is 0 Å². The predicted octanol–water partition coefficient (Wildman–Crippen LogP) is 2.80. The first-order chi connectivity index (χ1) is 6.19. The van der Waals surface area contributed by atoms with Crippen LogP contribution in [0.3, 0.4) is 0 Å². The van der Waals surface area contributed by atoms with Crippen molar-refractivity contribution in [1.82, 2.24) is 0 Å². The molecule has 2 N–H and O–H groups in total. The van der Waals surface area contributed by atoms with Crippen molar-refractivity contribution in [3.8, 4) is 0 Å². The molecule has 3 atom stereocenters. The average molecular weight is 203 g/mol. The van der Waals surface area contributed by atoms with Crippen LogP contribution in [0.2, 0.25) is 0 Å². The van der Waals surface area contributed by atoms with Crippen molar-refractivity contribution in [3.63, 3.8) is 0 Å². The van der Waals surface area contributed by atoms with Gasteiger partial charge in [0.05, 0.1) is 0 Å². The molecule has 0 aromatic heterocycles. The summed E-state index contributed by atoms with van der Waals surface area (Å²) in [6, 6.07) is 0.198. The first-order valence-corrected chi connectivity index (χ1v) is 5.32. The minimum Gasteiger partial charge on any atom is -0.327 e. The SMILES string of the molecule is CC1(C)C(N)CC1CC1(C)CC1(F)F. The largest absolute Gasteiger partial charge is 0.327 e. The van der Waals surface area contributed by atoms with E-state index in [0.717, 1.165) is 6.42 Å². The van der Waals surface area contributed by atoms with Gasteiger partial charge in [-0.2, -0.15) is 0 Å². The molecule has 1 nitrogen and oxygen atoms in total. The van der Waals surface area contributed by atoms with E-state index < -0.39 is 11.3 Å². The fraction of sp³-hybridized carbons (Fsp3) is 1.00. The second kappa shape index (κ2) is 2.49.